The van der Waals surface area contributed by atoms with Gasteiger partial charge in [-0.3, -0.25) is 0 Å². The lowest BCUT2D eigenvalue weighted by Gasteiger charge is -2.34. The Labute approximate surface area is 253 Å². The second-order valence-corrected chi connectivity index (χ2v) is 10.9. The highest BCUT2D eigenvalue weighted by atomic mass is 14.9. The summed E-state index contributed by atoms with van der Waals surface area (Å²) in [4.78, 5) is 4.96. The van der Waals surface area contributed by atoms with Crippen molar-refractivity contribution >= 4 is 11.5 Å². The van der Waals surface area contributed by atoms with E-state index in [1.807, 2.05) is 24.3 Å². The van der Waals surface area contributed by atoms with Crippen LogP contribution in [0, 0.1) is 0 Å². The third kappa shape index (κ3) is 4.77. The van der Waals surface area contributed by atoms with Crippen molar-refractivity contribution in [1.29, 1.82) is 0 Å². The van der Waals surface area contributed by atoms with Gasteiger partial charge in [-0.1, -0.05) is 170 Å². The monoisotopic (exact) mass is 552 g/mol. The lowest BCUT2D eigenvalue weighted by Crippen LogP contribution is -2.28. The van der Waals surface area contributed by atoms with Gasteiger partial charge in [-0.05, 0) is 50.9 Å². The molecule has 206 valence electrons. The molecule has 0 atom stereocenters. The van der Waals surface area contributed by atoms with Crippen molar-refractivity contribution in [3.63, 3.8) is 0 Å². The molecule has 43 heavy (non-hydrogen) atoms. The van der Waals surface area contributed by atoms with E-state index in [2.05, 4.69) is 146 Å². The van der Waals surface area contributed by atoms with E-state index in [4.69, 9.17) is 10.7 Å². The molecular weight excluding hydrogens is 520 g/mol. The zero-order chi connectivity index (χ0) is 29.1. The zero-order valence-electron chi connectivity index (χ0n) is 23.9. The molecule has 7 rings (SSSR count). The largest absolute Gasteiger partial charge is 0.383 e. The number of hydrogen-bond acceptors (Lipinski definition) is 1. The van der Waals surface area contributed by atoms with Crippen molar-refractivity contribution in [3.8, 4) is 11.1 Å². The molecule has 6 aromatic rings. The standard InChI is InChI=1S/C41H32N2/c42-40(43-39(31-16-6-2-7-17-31)29-24-30-14-4-1-5-15-30)32-25-27-34(28-26-32)41(33-18-8-3-9-19-33)37-22-12-10-20-35(37)36-21-11-13-23-38(36)41/h1-23,25-29H,24H2,(H2,42,43)/b39-29-. The summed E-state index contributed by atoms with van der Waals surface area (Å²) in [5.41, 5.74) is 17.9. The summed E-state index contributed by atoms with van der Waals surface area (Å²) in [7, 11) is 0. The summed E-state index contributed by atoms with van der Waals surface area (Å²) in [6.45, 7) is 0. The van der Waals surface area contributed by atoms with Crippen LogP contribution in [0.1, 0.15) is 38.9 Å². The molecule has 0 bridgehead atoms. The van der Waals surface area contributed by atoms with Gasteiger partial charge in [0.05, 0.1) is 11.1 Å². The maximum absolute atomic E-state index is 6.71. The number of fused-ring (bicyclic) bond motifs is 3. The SMILES string of the molecule is NC(=N/C(=C\Cc1ccccc1)c1ccccc1)c1ccc(C2(c3ccccc3)c3ccccc3-c3ccccc32)cc1. The van der Waals surface area contributed by atoms with Gasteiger partial charge >= 0.3 is 0 Å². The maximum Gasteiger partial charge on any atom is 0.131 e. The van der Waals surface area contributed by atoms with Gasteiger partial charge in [0, 0.05) is 5.56 Å². The number of hydrogen-bond donors (Lipinski definition) is 1. The molecule has 1 aliphatic carbocycles. The minimum Gasteiger partial charge on any atom is -0.383 e. The molecule has 0 saturated heterocycles. The third-order valence-electron chi connectivity index (χ3n) is 8.46. The van der Waals surface area contributed by atoms with Crippen molar-refractivity contribution in [2.24, 2.45) is 10.7 Å². The third-order valence-corrected chi connectivity index (χ3v) is 8.46. The Kier molecular flexibility index (Phi) is 7.02. The number of nitrogens with zero attached hydrogens (tertiary/aromatic N) is 1. The van der Waals surface area contributed by atoms with Crippen molar-refractivity contribution in [3.05, 3.63) is 209 Å². The van der Waals surface area contributed by atoms with Crippen LogP contribution in [-0.4, -0.2) is 5.84 Å². The first kappa shape index (κ1) is 26.4. The first-order chi connectivity index (χ1) is 21.2. The van der Waals surface area contributed by atoms with E-state index in [0.717, 1.165) is 23.2 Å². The van der Waals surface area contributed by atoms with Crippen LogP contribution >= 0.6 is 0 Å². The van der Waals surface area contributed by atoms with Crippen LogP contribution in [0.5, 0.6) is 0 Å². The van der Waals surface area contributed by atoms with Gasteiger partial charge in [0.15, 0.2) is 0 Å². The van der Waals surface area contributed by atoms with E-state index in [9.17, 15) is 0 Å². The van der Waals surface area contributed by atoms with Gasteiger partial charge in [-0.2, -0.15) is 0 Å². The molecule has 1 aliphatic rings. The van der Waals surface area contributed by atoms with Crippen LogP contribution in [0.25, 0.3) is 16.8 Å². The summed E-state index contributed by atoms with van der Waals surface area (Å²) in [6.07, 6.45) is 2.93. The minimum atomic E-state index is -0.427. The van der Waals surface area contributed by atoms with Gasteiger partial charge in [0.2, 0.25) is 0 Å². The van der Waals surface area contributed by atoms with Crippen LogP contribution in [0.3, 0.4) is 0 Å². The van der Waals surface area contributed by atoms with Gasteiger partial charge in [0.1, 0.15) is 5.84 Å². The number of benzene rings is 6. The Morgan fingerprint density at radius 2 is 1.00 bits per heavy atom. The predicted octanol–water partition coefficient (Wildman–Crippen LogP) is 9.04. The summed E-state index contributed by atoms with van der Waals surface area (Å²) < 4.78 is 0. The van der Waals surface area contributed by atoms with Crippen molar-refractivity contribution < 1.29 is 0 Å². The van der Waals surface area contributed by atoms with Crippen molar-refractivity contribution in [1.82, 2.24) is 0 Å². The molecule has 0 saturated carbocycles. The van der Waals surface area contributed by atoms with E-state index >= 15 is 0 Å². The lowest BCUT2D eigenvalue weighted by atomic mass is 9.67. The minimum absolute atomic E-state index is 0.427. The first-order valence-corrected chi connectivity index (χ1v) is 14.7. The molecule has 2 heteroatoms. The number of allylic oxidation sites excluding steroid dienone is 1. The molecule has 2 N–H and O–H groups in total. The number of amidine groups is 1. The summed E-state index contributed by atoms with van der Waals surface area (Å²) in [5, 5.41) is 0. The fraction of sp³-hybridized carbons (Fsp3) is 0.0488. The Morgan fingerprint density at radius 1 is 0.512 bits per heavy atom. The fourth-order valence-corrected chi connectivity index (χ4v) is 6.46. The number of nitrogens with two attached hydrogens (primary N) is 1. The molecule has 0 aliphatic heterocycles. The van der Waals surface area contributed by atoms with E-state index in [0.29, 0.717) is 5.84 Å². The predicted molar refractivity (Wildman–Crippen MR) is 179 cm³/mol. The van der Waals surface area contributed by atoms with E-state index in [1.165, 1.54) is 38.9 Å². The van der Waals surface area contributed by atoms with E-state index in [1.54, 1.807) is 0 Å². The normalized spacial score (nSPS) is 13.8. The van der Waals surface area contributed by atoms with Crippen molar-refractivity contribution in [2.75, 3.05) is 0 Å². The molecular formula is C41H32N2. The molecule has 0 fully saturated rings. The topological polar surface area (TPSA) is 38.4 Å². The Hall–Kier alpha value is -5.47. The maximum atomic E-state index is 6.71. The highest BCUT2D eigenvalue weighted by molar-refractivity contribution is 6.00. The summed E-state index contributed by atoms with van der Waals surface area (Å²) >= 11 is 0. The highest BCUT2D eigenvalue weighted by Crippen LogP contribution is 2.55. The number of rotatable bonds is 7. The highest BCUT2D eigenvalue weighted by Gasteiger charge is 2.45. The lowest BCUT2D eigenvalue weighted by molar-refractivity contribution is 0.768. The van der Waals surface area contributed by atoms with Crippen LogP contribution < -0.4 is 5.73 Å². The smallest absolute Gasteiger partial charge is 0.131 e. The molecule has 0 heterocycles. The fourth-order valence-electron chi connectivity index (χ4n) is 6.46. The second kappa shape index (κ2) is 11.4. The van der Waals surface area contributed by atoms with Crippen LogP contribution in [0.15, 0.2) is 175 Å². The summed E-state index contributed by atoms with van der Waals surface area (Å²) in [5.74, 6) is 0.496. The average molecular weight is 553 g/mol. The Morgan fingerprint density at radius 3 is 1.60 bits per heavy atom. The van der Waals surface area contributed by atoms with Crippen molar-refractivity contribution in [2.45, 2.75) is 11.8 Å². The molecule has 0 radical (unpaired) electrons. The zero-order valence-corrected chi connectivity index (χ0v) is 23.9. The van der Waals surface area contributed by atoms with Crippen LogP contribution in [0.4, 0.5) is 0 Å². The molecule has 0 aromatic heterocycles. The Bertz CT molecular complexity index is 1870. The van der Waals surface area contributed by atoms with Crippen LogP contribution in [0.2, 0.25) is 0 Å². The summed E-state index contributed by atoms with van der Waals surface area (Å²) in [6, 6.07) is 57.8. The van der Waals surface area contributed by atoms with E-state index in [-0.39, 0.29) is 0 Å². The average Bonchev–Trinajstić information content (AvgIpc) is 3.39. The van der Waals surface area contributed by atoms with Gasteiger partial charge in [-0.15, -0.1) is 0 Å². The molecule has 6 aromatic carbocycles. The number of aliphatic imine (C=N–C) groups is 1. The Balaban J connectivity index is 1.32. The molecule has 0 unspecified atom stereocenters. The second-order valence-electron chi connectivity index (χ2n) is 10.9. The first-order valence-electron chi connectivity index (χ1n) is 14.7. The van der Waals surface area contributed by atoms with Gasteiger partial charge in [-0.25, -0.2) is 4.99 Å². The molecule has 0 spiro atoms. The van der Waals surface area contributed by atoms with Gasteiger partial charge in [0.25, 0.3) is 0 Å². The quantitative estimate of drug-likeness (QED) is 0.155. The molecule has 2 nitrogen and oxygen atoms in total. The van der Waals surface area contributed by atoms with Gasteiger partial charge < -0.3 is 5.73 Å². The van der Waals surface area contributed by atoms with Crippen LogP contribution in [-0.2, 0) is 11.8 Å². The van der Waals surface area contributed by atoms with E-state index < -0.39 is 5.41 Å². The molecule has 0 amide bonds.